The molecule has 3 rings (SSSR count). The fourth-order valence-electron chi connectivity index (χ4n) is 2.02. The van der Waals surface area contributed by atoms with E-state index in [1.165, 1.54) is 10.7 Å². The number of hydrogen-bond donors (Lipinski definition) is 1. The molecule has 128 valence electrons. The molecule has 0 aliphatic carbocycles. The maximum absolute atomic E-state index is 13.1. The summed E-state index contributed by atoms with van der Waals surface area (Å²) in [4.78, 5) is 12.0. The highest BCUT2D eigenvalue weighted by Crippen LogP contribution is 2.19. The minimum absolute atomic E-state index is 0.0191. The van der Waals surface area contributed by atoms with E-state index in [4.69, 9.17) is 0 Å². The topological polar surface area (TPSA) is 72.7 Å². The number of benzene rings is 2. The zero-order chi connectivity index (χ0) is 17.8. The first-order chi connectivity index (χ1) is 12.0. The molecule has 0 fully saturated rings. The van der Waals surface area contributed by atoms with Gasteiger partial charge in [-0.15, -0.1) is 5.10 Å². The van der Waals surface area contributed by atoms with Crippen LogP contribution in [-0.2, 0) is 4.79 Å². The van der Waals surface area contributed by atoms with E-state index in [9.17, 15) is 13.6 Å². The first-order valence-electron chi connectivity index (χ1n) is 7.26. The van der Waals surface area contributed by atoms with Crippen LogP contribution in [0, 0.1) is 18.6 Å². The minimum atomic E-state index is -1.02. The van der Waals surface area contributed by atoms with Crippen molar-refractivity contribution >= 4 is 23.4 Å². The molecule has 3 aromatic rings. The standard InChI is InChI=1S/C16H13F2N5OS/c1-10-2-5-12(6-3-10)23-16(20-21-22-23)25-9-15(24)19-11-4-7-13(17)14(18)8-11/h2-8H,9H2,1H3,(H,19,24). The maximum Gasteiger partial charge on any atom is 0.234 e. The monoisotopic (exact) mass is 361 g/mol. The van der Waals surface area contributed by atoms with Crippen molar-refractivity contribution < 1.29 is 13.6 Å². The number of nitrogens with zero attached hydrogens (tertiary/aromatic N) is 4. The predicted molar refractivity (Wildman–Crippen MR) is 89.6 cm³/mol. The second kappa shape index (κ2) is 7.39. The van der Waals surface area contributed by atoms with Gasteiger partial charge in [-0.1, -0.05) is 29.5 Å². The van der Waals surface area contributed by atoms with Crippen LogP contribution in [-0.4, -0.2) is 31.9 Å². The van der Waals surface area contributed by atoms with Crippen molar-refractivity contribution in [2.45, 2.75) is 12.1 Å². The molecule has 2 aromatic carbocycles. The van der Waals surface area contributed by atoms with E-state index in [0.717, 1.165) is 35.1 Å². The zero-order valence-corrected chi connectivity index (χ0v) is 13.9. The Balaban J connectivity index is 1.64. The number of carbonyl (C=O) groups excluding carboxylic acids is 1. The summed E-state index contributed by atoms with van der Waals surface area (Å²) >= 11 is 1.13. The van der Waals surface area contributed by atoms with E-state index >= 15 is 0 Å². The average Bonchev–Trinajstić information content (AvgIpc) is 3.06. The van der Waals surface area contributed by atoms with Crippen LogP contribution in [0.2, 0.25) is 0 Å². The van der Waals surface area contributed by atoms with Gasteiger partial charge in [0.25, 0.3) is 0 Å². The van der Waals surface area contributed by atoms with E-state index in [1.54, 1.807) is 0 Å². The van der Waals surface area contributed by atoms with Gasteiger partial charge in [-0.25, -0.2) is 8.78 Å². The van der Waals surface area contributed by atoms with Gasteiger partial charge in [-0.05, 0) is 41.6 Å². The van der Waals surface area contributed by atoms with Crippen LogP contribution in [0.4, 0.5) is 14.5 Å². The third-order valence-electron chi connectivity index (χ3n) is 3.26. The number of nitrogens with one attached hydrogen (secondary N) is 1. The summed E-state index contributed by atoms with van der Waals surface area (Å²) < 4.78 is 27.6. The molecule has 6 nitrogen and oxygen atoms in total. The van der Waals surface area contributed by atoms with E-state index < -0.39 is 11.6 Å². The van der Waals surface area contributed by atoms with Crippen LogP contribution >= 0.6 is 11.8 Å². The van der Waals surface area contributed by atoms with Crippen molar-refractivity contribution in [1.29, 1.82) is 0 Å². The van der Waals surface area contributed by atoms with Gasteiger partial charge < -0.3 is 5.32 Å². The van der Waals surface area contributed by atoms with Crippen molar-refractivity contribution in [3.8, 4) is 5.69 Å². The molecule has 1 heterocycles. The second-order valence-corrected chi connectivity index (χ2v) is 6.12. The summed E-state index contributed by atoms with van der Waals surface area (Å²) in [6, 6.07) is 10.8. The number of halogens is 2. The van der Waals surface area contributed by atoms with Crippen molar-refractivity contribution in [1.82, 2.24) is 20.2 Å². The highest BCUT2D eigenvalue weighted by Gasteiger charge is 2.12. The van der Waals surface area contributed by atoms with Crippen LogP contribution in [0.5, 0.6) is 0 Å². The Morgan fingerprint density at radius 1 is 1.16 bits per heavy atom. The maximum atomic E-state index is 13.1. The van der Waals surface area contributed by atoms with Gasteiger partial charge in [-0.2, -0.15) is 4.68 Å². The smallest absolute Gasteiger partial charge is 0.234 e. The Labute approximate surface area is 146 Å². The average molecular weight is 361 g/mol. The lowest BCUT2D eigenvalue weighted by Gasteiger charge is -2.06. The number of aromatic nitrogens is 4. The molecular weight excluding hydrogens is 348 g/mol. The molecule has 1 N–H and O–H groups in total. The van der Waals surface area contributed by atoms with Gasteiger partial charge in [-0.3, -0.25) is 4.79 Å². The summed E-state index contributed by atoms with van der Waals surface area (Å²) in [5, 5.41) is 14.4. The molecule has 0 radical (unpaired) electrons. The number of thioether (sulfide) groups is 1. The van der Waals surface area contributed by atoms with E-state index in [1.807, 2.05) is 31.2 Å². The molecule has 1 amide bonds. The number of tetrazole rings is 1. The quantitative estimate of drug-likeness (QED) is 0.708. The molecule has 0 bridgehead atoms. The minimum Gasteiger partial charge on any atom is -0.325 e. The molecule has 0 saturated carbocycles. The van der Waals surface area contributed by atoms with Gasteiger partial charge in [0.1, 0.15) is 0 Å². The van der Waals surface area contributed by atoms with Crippen molar-refractivity contribution in [2.24, 2.45) is 0 Å². The lowest BCUT2D eigenvalue weighted by molar-refractivity contribution is -0.113. The van der Waals surface area contributed by atoms with Gasteiger partial charge in [0.05, 0.1) is 11.4 Å². The van der Waals surface area contributed by atoms with Gasteiger partial charge in [0.15, 0.2) is 11.6 Å². The summed E-state index contributed by atoms with van der Waals surface area (Å²) in [6.07, 6.45) is 0. The Bertz CT molecular complexity index is 898. The second-order valence-electron chi connectivity index (χ2n) is 5.17. The van der Waals surface area contributed by atoms with Crippen LogP contribution in [0.1, 0.15) is 5.56 Å². The number of amides is 1. The third kappa shape index (κ3) is 4.18. The van der Waals surface area contributed by atoms with Gasteiger partial charge in [0.2, 0.25) is 11.1 Å². The van der Waals surface area contributed by atoms with Crippen molar-refractivity contribution in [2.75, 3.05) is 11.1 Å². The molecule has 0 unspecified atom stereocenters. The van der Waals surface area contributed by atoms with Crippen LogP contribution < -0.4 is 5.32 Å². The summed E-state index contributed by atoms with van der Waals surface area (Å²) in [5.41, 5.74) is 2.07. The summed E-state index contributed by atoms with van der Waals surface area (Å²) in [7, 11) is 0. The molecule has 25 heavy (non-hydrogen) atoms. The van der Waals surface area contributed by atoms with Gasteiger partial charge in [0, 0.05) is 11.8 Å². The zero-order valence-electron chi connectivity index (χ0n) is 13.1. The highest BCUT2D eigenvalue weighted by atomic mass is 32.2. The van der Waals surface area contributed by atoms with E-state index in [-0.39, 0.29) is 17.3 Å². The number of anilines is 1. The Morgan fingerprint density at radius 2 is 1.92 bits per heavy atom. The summed E-state index contributed by atoms with van der Waals surface area (Å²) in [5.74, 6) is -2.35. The number of carbonyl (C=O) groups is 1. The first kappa shape index (κ1) is 17.0. The molecule has 0 saturated heterocycles. The normalized spacial score (nSPS) is 10.7. The number of aryl methyl sites for hydroxylation is 1. The van der Waals surface area contributed by atoms with Crippen molar-refractivity contribution in [3.05, 3.63) is 59.7 Å². The lowest BCUT2D eigenvalue weighted by atomic mass is 10.2. The molecule has 0 aliphatic rings. The van der Waals surface area contributed by atoms with Crippen LogP contribution in [0.25, 0.3) is 5.69 Å². The van der Waals surface area contributed by atoms with Gasteiger partial charge >= 0.3 is 0 Å². The van der Waals surface area contributed by atoms with Crippen LogP contribution in [0.15, 0.2) is 47.6 Å². The van der Waals surface area contributed by atoms with E-state index in [2.05, 4.69) is 20.8 Å². The van der Waals surface area contributed by atoms with Crippen molar-refractivity contribution in [3.63, 3.8) is 0 Å². The Hall–Kier alpha value is -2.81. The summed E-state index contributed by atoms with van der Waals surface area (Å²) in [6.45, 7) is 1.97. The Kier molecular flexibility index (Phi) is 5.03. The molecule has 1 aromatic heterocycles. The first-order valence-corrected chi connectivity index (χ1v) is 8.24. The Morgan fingerprint density at radius 3 is 2.64 bits per heavy atom. The number of hydrogen-bond acceptors (Lipinski definition) is 5. The molecule has 0 spiro atoms. The van der Waals surface area contributed by atoms with Crippen LogP contribution in [0.3, 0.4) is 0 Å². The van der Waals surface area contributed by atoms with E-state index in [0.29, 0.717) is 5.16 Å². The fourth-order valence-corrected chi connectivity index (χ4v) is 2.71. The SMILES string of the molecule is Cc1ccc(-n2nnnc2SCC(=O)Nc2ccc(F)c(F)c2)cc1. The highest BCUT2D eigenvalue weighted by molar-refractivity contribution is 7.99. The third-order valence-corrected chi connectivity index (χ3v) is 4.17. The largest absolute Gasteiger partial charge is 0.325 e. The predicted octanol–water partition coefficient (Wildman–Crippen LogP) is 2.98. The molecular formula is C16H13F2N5OS. The molecule has 0 aliphatic heterocycles. The molecule has 0 atom stereocenters. The fraction of sp³-hybridized carbons (Fsp3) is 0.125. The lowest BCUT2D eigenvalue weighted by Crippen LogP contribution is -2.15. The number of rotatable bonds is 5. The molecule has 9 heteroatoms.